The molecular weight excluding hydrogens is 284 g/mol. The molecule has 0 aromatic heterocycles. The Bertz CT molecular complexity index is 518. The van der Waals surface area contributed by atoms with Crippen LogP contribution in [0.4, 0.5) is 5.69 Å². The van der Waals surface area contributed by atoms with E-state index in [1.807, 2.05) is 25.1 Å². The Morgan fingerprint density at radius 1 is 1.33 bits per heavy atom. The molecule has 0 bridgehead atoms. The zero-order valence-corrected chi connectivity index (χ0v) is 14.1. The highest BCUT2D eigenvalue weighted by molar-refractivity contribution is 6.31. The van der Waals surface area contributed by atoms with Gasteiger partial charge in [0, 0.05) is 30.8 Å². The first-order valence-electron chi connectivity index (χ1n) is 7.58. The second-order valence-electron chi connectivity index (χ2n) is 6.75. The number of nitrogens with zero attached hydrogens (tertiary/aromatic N) is 1. The van der Waals surface area contributed by atoms with Gasteiger partial charge in [0.05, 0.1) is 5.56 Å². The van der Waals surface area contributed by atoms with Crippen LogP contribution in [0.3, 0.4) is 0 Å². The third kappa shape index (κ3) is 3.70. The fraction of sp³-hybridized carbons (Fsp3) is 0.588. The molecule has 1 amide bonds. The van der Waals surface area contributed by atoms with E-state index in [0.29, 0.717) is 22.0 Å². The van der Waals surface area contributed by atoms with E-state index in [4.69, 9.17) is 11.6 Å². The van der Waals surface area contributed by atoms with Crippen molar-refractivity contribution in [1.82, 2.24) is 4.90 Å². The SMILES string of the molecule is CNc1ccc(Cl)cc1C(=O)N(C)C1CCC(C)(C)CC1. The number of carbonyl (C=O) groups excluding carboxylic acids is 1. The van der Waals surface area contributed by atoms with E-state index in [1.54, 1.807) is 12.1 Å². The number of hydrogen-bond donors (Lipinski definition) is 1. The predicted molar refractivity (Wildman–Crippen MR) is 89.1 cm³/mol. The average Bonchev–Trinajstić information content (AvgIpc) is 2.45. The highest BCUT2D eigenvalue weighted by Crippen LogP contribution is 2.37. The topological polar surface area (TPSA) is 32.3 Å². The zero-order chi connectivity index (χ0) is 15.6. The van der Waals surface area contributed by atoms with Crippen LogP contribution < -0.4 is 5.32 Å². The Hall–Kier alpha value is -1.22. The van der Waals surface area contributed by atoms with E-state index in [-0.39, 0.29) is 5.91 Å². The minimum atomic E-state index is 0.0477. The van der Waals surface area contributed by atoms with Crippen molar-refractivity contribution in [2.45, 2.75) is 45.6 Å². The summed E-state index contributed by atoms with van der Waals surface area (Å²) in [7, 11) is 3.73. The van der Waals surface area contributed by atoms with E-state index in [2.05, 4.69) is 19.2 Å². The van der Waals surface area contributed by atoms with Gasteiger partial charge in [0.25, 0.3) is 5.91 Å². The molecule has 3 nitrogen and oxygen atoms in total. The summed E-state index contributed by atoms with van der Waals surface area (Å²) in [4.78, 5) is 14.7. The molecule has 2 rings (SSSR count). The maximum atomic E-state index is 12.8. The molecule has 116 valence electrons. The molecule has 0 saturated heterocycles. The lowest BCUT2D eigenvalue weighted by atomic mass is 9.75. The first-order chi connectivity index (χ1) is 9.84. The van der Waals surface area contributed by atoms with E-state index < -0.39 is 0 Å². The predicted octanol–water partition coefficient (Wildman–Crippen LogP) is 4.42. The van der Waals surface area contributed by atoms with Gasteiger partial charge in [0.2, 0.25) is 0 Å². The van der Waals surface area contributed by atoms with Crippen LogP contribution in [0.25, 0.3) is 0 Å². The Morgan fingerprint density at radius 2 is 1.95 bits per heavy atom. The first-order valence-corrected chi connectivity index (χ1v) is 7.96. The molecule has 1 N–H and O–H groups in total. The number of carbonyl (C=O) groups is 1. The fourth-order valence-corrected chi connectivity index (χ4v) is 3.21. The van der Waals surface area contributed by atoms with Gasteiger partial charge >= 0.3 is 0 Å². The lowest BCUT2D eigenvalue weighted by Gasteiger charge is -2.38. The second kappa shape index (κ2) is 6.27. The molecule has 0 unspecified atom stereocenters. The van der Waals surface area contributed by atoms with Crippen molar-refractivity contribution in [2.75, 3.05) is 19.4 Å². The number of rotatable bonds is 3. The van der Waals surface area contributed by atoms with Gasteiger partial charge in [0.1, 0.15) is 0 Å². The molecule has 0 spiro atoms. The van der Waals surface area contributed by atoms with Crippen molar-refractivity contribution < 1.29 is 4.79 Å². The normalized spacial score (nSPS) is 18.3. The van der Waals surface area contributed by atoms with Crippen LogP contribution in [0.15, 0.2) is 18.2 Å². The van der Waals surface area contributed by atoms with Crippen molar-refractivity contribution in [2.24, 2.45) is 5.41 Å². The van der Waals surface area contributed by atoms with E-state index in [1.165, 1.54) is 12.8 Å². The van der Waals surface area contributed by atoms with Crippen molar-refractivity contribution in [3.8, 4) is 0 Å². The third-order valence-electron chi connectivity index (χ3n) is 4.66. The van der Waals surface area contributed by atoms with Gasteiger partial charge in [-0.1, -0.05) is 25.4 Å². The van der Waals surface area contributed by atoms with Gasteiger partial charge < -0.3 is 10.2 Å². The molecule has 1 aromatic rings. The van der Waals surface area contributed by atoms with E-state index in [9.17, 15) is 4.79 Å². The number of amides is 1. The summed E-state index contributed by atoms with van der Waals surface area (Å²) >= 11 is 6.05. The summed E-state index contributed by atoms with van der Waals surface area (Å²) in [5.41, 5.74) is 1.89. The molecule has 1 saturated carbocycles. The largest absolute Gasteiger partial charge is 0.387 e. The summed E-state index contributed by atoms with van der Waals surface area (Å²) in [5.74, 6) is 0.0477. The number of benzene rings is 1. The van der Waals surface area contributed by atoms with Crippen molar-refractivity contribution in [3.63, 3.8) is 0 Å². The summed E-state index contributed by atoms with van der Waals surface area (Å²) < 4.78 is 0. The van der Waals surface area contributed by atoms with Gasteiger partial charge in [-0.25, -0.2) is 0 Å². The number of anilines is 1. The van der Waals surface area contributed by atoms with Gasteiger partial charge in [-0.15, -0.1) is 0 Å². The van der Waals surface area contributed by atoms with Crippen LogP contribution in [-0.4, -0.2) is 30.9 Å². The third-order valence-corrected chi connectivity index (χ3v) is 4.89. The number of halogens is 1. The minimum Gasteiger partial charge on any atom is -0.387 e. The Balaban J connectivity index is 2.15. The maximum absolute atomic E-state index is 12.8. The lowest BCUT2D eigenvalue weighted by Crippen LogP contribution is -2.41. The average molecular weight is 309 g/mol. The minimum absolute atomic E-state index is 0.0477. The highest BCUT2D eigenvalue weighted by Gasteiger charge is 2.31. The smallest absolute Gasteiger partial charge is 0.255 e. The summed E-state index contributed by atoms with van der Waals surface area (Å²) in [5, 5.41) is 3.66. The van der Waals surface area contributed by atoms with Gasteiger partial charge in [-0.2, -0.15) is 0 Å². The molecule has 0 aliphatic heterocycles. The Labute approximate surface area is 132 Å². The summed E-state index contributed by atoms with van der Waals surface area (Å²) in [6.07, 6.45) is 4.49. The first kappa shape index (κ1) is 16.2. The lowest BCUT2D eigenvalue weighted by molar-refractivity contribution is 0.0636. The van der Waals surface area contributed by atoms with Crippen molar-refractivity contribution in [1.29, 1.82) is 0 Å². The molecule has 4 heteroatoms. The Morgan fingerprint density at radius 3 is 2.52 bits per heavy atom. The van der Waals surface area contributed by atoms with Crippen LogP contribution in [-0.2, 0) is 0 Å². The van der Waals surface area contributed by atoms with Crippen LogP contribution in [0.5, 0.6) is 0 Å². The molecule has 1 aliphatic rings. The van der Waals surface area contributed by atoms with Crippen molar-refractivity contribution >= 4 is 23.2 Å². The molecule has 1 aliphatic carbocycles. The van der Waals surface area contributed by atoms with Crippen LogP contribution in [0.2, 0.25) is 5.02 Å². The van der Waals surface area contributed by atoms with Crippen LogP contribution in [0, 0.1) is 5.41 Å². The van der Waals surface area contributed by atoms with E-state index in [0.717, 1.165) is 18.5 Å². The number of hydrogen-bond acceptors (Lipinski definition) is 2. The summed E-state index contributed by atoms with van der Waals surface area (Å²) in [6.45, 7) is 4.61. The van der Waals surface area contributed by atoms with Crippen molar-refractivity contribution in [3.05, 3.63) is 28.8 Å². The number of nitrogens with one attached hydrogen (secondary N) is 1. The van der Waals surface area contributed by atoms with Crippen LogP contribution in [0.1, 0.15) is 49.9 Å². The molecule has 1 aromatic carbocycles. The molecule has 0 radical (unpaired) electrons. The fourth-order valence-electron chi connectivity index (χ4n) is 3.04. The van der Waals surface area contributed by atoms with Crippen LogP contribution >= 0.6 is 11.6 Å². The molecule has 1 fully saturated rings. The monoisotopic (exact) mass is 308 g/mol. The zero-order valence-electron chi connectivity index (χ0n) is 13.4. The summed E-state index contributed by atoms with van der Waals surface area (Å²) in [6, 6.07) is 5.73. The highest BCUT2D eigenvalue weighted by atomic mass is 35.5. The van der Waals surface area contributed by atoms with E-state index >= 15 is 0 Å². The standard InChI is InChI=1S/C17H25ClN2O/c1-17(2)9-7-13(8-10-17)20(4)16(21)14-11-12(18)5-6-15(14)19-3/h5-6,11,13,19H,7-10H2,1-4H3. The molecule has 0 heterocycles. The second-order valence-corrected chi connectivity index (χ2v) is 7.19. The van der Waals surface area contributed by atoms with Gasteiger partial charge in [-0.3, -0.25) is 4.79 Å². The maximum Gasteiger partial charge on any atom is 0.255 e. The quantitative estimate of drug-likeness (QED) is 0.896. The van der Waals surface area contributed by atoms with Gasteiger partial charge in [0.15, 0.2) is 0 Å². The molecular formula is C17H25ClN2O. The molecule has 0 atom stereocenters. The molecule has 21 heavy (non-hydrogen) atoms. The van der Waals surface area contributed by atoms with Gasteiger partial charge in [-0.05, 0) is 49.3 Å². The Kier molecular flexibility index (Phi) is 4.82.